The molecule has 108 valence electrons. The van der Waals surface area contributed by atoms with E-state index in [0.29, 0.717) is 14.8 Å². The molecule has 21 heavy (non-hydrogen) atoms. The van der Waals surface area contributed by atoms with Crippen LogP contribution in [0.4, 0.5) is 5.69 Å². The first-order chi connectivity index (χ1) is 10.1. The second kappa shape index (κ2) is 7.85. The minimum absolute atomic E-state index is 0.554. The molecule has 0 amide bonds. The van der Waals surface area contributed by atoms with Crippen LogP contribution in [0.5, 0.6) is 0 Å². The predicted molar refractivity (Wildman–Crippen MR) is 98.9 cm³/mol. The molecule has 0 aromatic heterocycles. The number of hydrogen-bond donors (Lipinski definition) is 2. The third-order valence-electron chi connectivity index (χ3n) is 2.91. The van der Waals surface area contributed by atoms with Gasteiger partial charge in [-0.25, -0.2) is 0 Å². The molecule has 2 nitrogen and oxygen atoms in total. The van der Waals surface area contributed by atoms with Crippen molar-refractivity contribution in [3.05, 3.63) is 59.1 Å². The Labute approximate surface area is 140 Å². The monoisotopic (exact) mass is 335 g/mol. The Kier molecular flexibility index (Phi) is 6.12. The molecule has 0 heterocycles. The standard InChI is InChI=1S/C15H15BClNOS2/c1-16(19)13-9-12(7-8-14(13)17)18-15(20)21-10-11-5-3-2-4-6-11/h2-9,19H,10H2,1H3,(H,18,20). The van der Waals surface area contributed by atoms with E-state index in [1.807, 2.05) is 30.3 Å². The number of halogens is 1. The van der Waals surface area contributed by atoms with Gasteiger partial charge >= 0.3 is 6.92 Å². The maximum Gasteiger partial charge on any atom is 0.321 e. The first-order valence-corrected chi connectivity index (χ1v) is 8.28. The molecule has 2 rings (SSSR count). The summed E-state index contributed by atoms with van der Waals surface area (Å²) < 4.78 is 0.692. The minimum atomic E-state index is -0.607. The summed E-state index contributed by atoms with van der Waals surface area (Å²) in [4.78, 5) is 0. The zero-order valence-corrected chi connectivity index (χ0v) is 13.9. The zero-order valence-electron chi connectivity index (χ0n) is 11.5. The van der Waals surface area contributed by atoms with Gasteiger partial charge < -0.3 is 10.3 Å². The van der Waals surface area contributed by atoms with E-state index in [0.717, 1.165) is 11.4 Å². The van der Waals surface area contributed by atoms with Crippen molar-refractivity contribution in [3.8, 4) is 0 Å². The van der Waals surface area contributed by atoms with E-state index in [1.54, 1.807) is 24.7 Å². The fraction of sp³-hybridized carbons (Fsp3) is 0.133. The summed E-state index contributed by atoms with van der Waals surface area (Å²) in [5.41, 5.74) is 2.76. The maximum absolute atomic E-state index is 9.66. The molecule has 2 aromatic rings. The van der Waals surface area contributed by atoms with Crippen LogP contribution in [0.3, 0.4) is 0 Å². The van der Waals surface area contributed by atoms with Crippen LogP contribution in [0.1, 0.15) is 5.56 Å². The number of thioether (sulfide) groups is 1. The molecule has 0 aliphatic carbocycles. The molecule has 0 aliphatic heterocycles. The van der Waals surface area contributed by atoms with Gasteiger partial charge in [-0.15, -0.1) is 0 Å². The van der Waals surface area contributed by atoms with Crippen LogP contribution in [0.15, 0.2) is 48.5 Å². The van der Waals surface area contributed by atoms with Gasteiger partial charge in [-0.3, -0.25) is 0 Å². The van der Waals surface area contributed by atoms with E-state index < -0.39 is 6.92 Å². The molecule has 2 N–H and O–H groups in total. The van der Waals surface area contributed by atoms with Crippen molar-refractivity contribution >= 4 is 58.0 Å². The first kappa shape index (κ1) is 16.4. The summed E-state index contributed by atoms with van der Waals surface area (Å²) in [6, 6.07) is 15.6. The van der Waals surface area contributed by atoms with Gasteiger partial charge in [-0.1, -0.05) is 72.7 Å². The summed E-state index contributed by atoms with van der Waals surface area (Å²) in [7, 11) is 0. The summed E-state index contributed by atoms with van der Waals surface area (Å²) in [5.74, 6) is 0.823. The van der Waals surface area contributed by atoms with Gasteiger partial charge in [-0.05, 0) is 29.2 Å². The molecule has 0 fully saturated rings. The lowest BCUT2D eigenvalue weighted by molar-refractivity contribution is 0.594. The van der Waals surface area contributed by atoms with Gasteiger partial charge in [0.25, 0.3) is 0 Å². The fourth-order valence-electron chi connectivity index (χ4n) is 1.82. The average Bonchev–Trinajstić information content (AvgIpc) is 2.48. The molecule has 0 bridgehead atoms. The van der Waals surface area contributed by atoms with E-state index in [4.69, 9.17) is 23.8 Å². The lowest BCUT2D eigenvalue weighted by Gasteiger charge is -2.11. The Balaban J connectivity index is 1.95. The lowest BCUT2D eigenvalue weighted by Crippen LogP contribution is -2.27. The molecule has 0 radical (unpaired) electrons. The van der Waals surface area contributed by atoms with Crippen LogP contribution in [0, 0.1) is 0 Å². The van der Waals surface area contributed by atoms with Crippen molar-refractivity contribution < 1.29 is 5.02 Å². The Hall–Kier alpha value is -1.01. The molecular formula is C15H15BClNOS2. The van der Waals surface area contributed by atoms with E-state index in [2.05, 4.69) is 17.4 Å². The molecular weight excluding hydrogens is 321 g/mol. The summed E-state index contributed by atoms with van der Waals surface area (Å²) >= 11 is 12.9. The molecule has 0 saturated carbocycles. The summed E-state index contributed by atoms with van der Waals surface area (Å²) in [6.45, 7) is 1.08. The number of anilines is 1. The van der Waals surface area contributed by atoms with Crippen LogP contribution in [0.2, 0.25) is 11.8 Å². The van der Waals surface area contributed by atoms with Crippen LogP contribution >= 0.6 is 35.6 Å². The number of benzene rings is 2. The fourth-order valence-corrected chi connectivity index (χ4v) is 3.07. The highest BCUT2D eigenvalue weighted by Gasteiger charge is 2.12. The average molecular weight is 336 g/mol. The molecule has 0 unspecified atom stereocenters. The number of hydrogen-bond acceptors (Lipinski definition) is 3. The van der Waals surface area contributed by atoms with Crippen LogP contribution < -0.4 is 10.8 Å². The lowest BCUT2D eigenvalue weighted by atomic mass is 9.64. The van der Waals surface area contributed by atoms with E-state index >= 15 is 0 Å². The molecule has 0 atom stereocenters. The van der Waals surface area contributed by atoms with Gasteiger partial charge in [0.1, 0.15) is 4.32 Å². The second-order valence-corrected chi connectivity index (χ2v) is 6.66. The Morgan fingerprint density at radius 3 is 2.67 bits per heavy atom. The van der Waals surface area contributed by atoms with Gasteiger partial charge in [0.15, 0.2) is 0 Å². The van der Waals surface area contributed by atoms with Crippen molar-refractivity contribution in [2.45, 2.75) is 12.6 Å². The highest BCUT2D eigenvalue weighted by Crippen LogP contribution is 2.18. The van der Waals surface area contributed by atoms with Crippen LogP contribution in [-0.4, -0.2) is 16.3 Å². The molecule has 0 aliphatic rings. The van der Waals surface area contributed by atoms with Crippen LogP contribution in [0.25, 0.3) is 0 Å². The van der Waals surface area contributed by atoms with Gasteiger partial charge in [0, 0.05) is 16.5 Å². The third-order valence-corrected chi connectivity index (χ3v) is 4.55. The Bertz CT molecular complexity index is 622. The SMILES string of the molecule is CB(O)c1cc(NC(=S)SCc2ccccc2)ccc1Cl. The van der Waals surface area contributed by atoms with Crippen LogP contribution in [-0.2, 0) is 5.75 Å². The molecule has 6 heteroatoms. The zero-order chi connectivity index (χ0) is 15.2. The number of rotatable bonds is 4. The second-order valence-electron chi connectivity index (χ2n) is 4.60. The first-order valence-electron chi connectivity index (χ1n) is 6.51. The highest BCUT2D eigenvalue weighted by molar-refractivity contribution is 8.22. The van der Waals surface area contributed by atoms with E-state index in [-0.39, 0.29) is 0 Å². The van der Waals surface area contributed by atoms with Crippen molar-refractivity contribution in [1.29, 1.82) is 0 Å². The number of nitrogens with one attached hydrogen (secondary N) is 1. The van der Waals surface area contributed by atoms with E-state index in [9.17, 15) is 5.02 Å². The largest absolute Gasteiger partial charge is 0.446 e. The molecule has 0 saturated heterocycles. The van der Waals surface area contributed by atoms with Gasteiger partial charge in [0.2, 0.25) is 0 Å². The van der Waals surface area contributed by atoms with Crippen molar-refractivity contribution in [2.75, 3.05) is 5.32 Å². The van der Waals surface area contributed by atoms with Gasteiger partial charge in [0.05, 0.1) is 0 Å². The smallest absolute Gasteiger partial charge is 0.321 e. The normalized spacial score (nSPS) is 10.2. The maximum atomic E-state index is 9.66. The van der Waals surface area contributed by atoms with Gasteiger partial charge in [-0.2, -0.15) is 0 Å². The predicted octanol–water partition coefficient (Wildman–Crippen LogP) is 3.79. The minimum Gasteiger partial charge on any atom is -0.446 e. The molecule has 2 aromatic carbocycles. The Morgan fingerprint density at radius 1 is 1.29 bits per heavy atom. The third kappa shape index (κ3) is 5.04. The molecule has 0 spiro atoms. The number of thiocarbonyl (C=S) groups is 1. The van der Waals surface area contributed by atoms with Crippen molar-refractivity contribution in [1.82, 2.24) is 0 Å². The summed E-state index contributed by atoms with van der Waals surface area (Å²) in [5, 5.41) is 13.4. The summed E-state index contributed by atoms with van der Waals surface area (Å²) in [6.07, 6.45) is 0. The highest BCUT2D eigenvalue weighted by atomic mass is 35.5. The quantitative estimate of drug-likeness (QED) is 0.658. The van der Waals surface area contributed by atoms with E-state index in [1.165, 1.54) is 5.56 Å². The van der Waals surface area contributed by atoms with Crippen molar-refractivity contribution in [3.63, 3.8) is 0 Å². The van der Waals surface area contributed by atoms with Crippen molar-refractivity contribution in [2.24, 2.45) is 0 Å². The topological polar surface area (TPSA) is 32.3 Å². The Morgan fingerprint density at radius 2 is 2.00 bits per heavy atom.